The van der Waals surface area contributed by atoms with Gasteiger partial charge in [0.15, 0.2) is 6.29 Å². The van der Waals surface area contributed by atoms with Crippen LogP contribution >= 0.6 is 0 Å². The zero-order valence-corrected chi connectivity index (χ0v) is 9.55. The molecule has 3 aromatic rings. The summed E-state index contributed by atoms with van der Waals surface area (Å²) in [5.41, 5.74) is 3.07. The van der Waals surface area contributed by atoms with Gasteiger partial charge >= 0.3 is 0 Å². The van der Waals surface area contributed by atoms with Crippen molar-refractivity contribution < 1.29 is 9.90 Å². The first-order valence-electron chi connectivity index (χ1n) is 5.65. The molecule has 3 nitrogen and oxygen atoms in total. The van der Waals surface area contributed by atoms with Gasteiger partial charge in [-0.15, -0.1) is 0 Å². The fourth-order valence-corrected chi connectivity index (χ4v) is 2.18. The van der Waals surface area contributed by atoms with E-state index in [-0.39, 0.29) is 5.75 Å². The van der Waals surface area contributed by atoms with E-state index in [9.17, 15) is 9.90 Å². The molecular formula is C15H11NO2. The van der Waals surface area contributed by atoms with Crippen molar-refractivity contribution in [3.05, 3.63) is 54.1 Å². The minimum atomic E-state index is 0.183. The summed E-state index contributed by atoms with van der Waals surface area (Å²) in [6.07, 6.45) is 0.845. The second-order valence-electron chi connectivity index (χ2n) is 4.13. The summed E-state index contributed by atoms with van der Waals surface area (Å²) < 4.78 is 0. The van der Waals surface area contributed by atoms with E-state index in [1.807, 2.05) is 30.3 Å². The van der Waals surface area contributed by atoms with Crippen molar-refractivity contribution in [3.8, 4) is 17.0 Å². The molecule has 0 aliphatic heterocycles. The molecule has 18 heavy (non-hydrogen) atoms. The van der Waals surface area contributed by atoms with Gasteiger partial charge in [0.2, 0.25) is 0 Å². The van der Waals surface area contributed by atoms with Gasteiger partial charge < -0.3 is 10.1 Å². The zero-order valence-electron chi connectivity index (χ0n) is 9.55. The highest BCUT2D eigenvalue weighted by molar-refractivity contribution is 6.04. The molecule has 0 saturated heterocycles. The van der Waals surface area contributed by atoms with E-state index in [1.165, 1.54) is 0 Å². The molecule has 0 aliphatic rings. The maximum atomic E-state index is 11.3. The van der Waals surface area contributed by atoms with Crippen LogP contribution in [0.5, 0.6) is 5.75 Å². The van der Waals surface area contributed by atoms with Gasteiger partial charge in [-0.05, 0) is 18.2 Å². The number of aldehydes is 1. The van der Waals surface area contributed by atoms with Crippen LogP contribution in [0.3, 0.4) is 0 Å². The molecule has 0 spiro atoms. The van der Waals surface area contributed by atoms with Gasteiger partial charge in [-0.2, -0.15) is 0 Å². The predicted molar refractivity (Wildman–Crippen MR) is 70.8 cm³/mol. The molecule has 0 bridgehead atoms. The maximum absolute atomic E-state index is 11.3. The van der Waals surface area contributed by atoms with Gasteiger partial charge in [-0.1, -0.05) is 30.3 Å². The van der Waals surface area contributed by atoms with E-state index in [0.29, 0.717) is 5.56 Å². The molecule has 0 amide bonds. The topological polar surface area (TPSA) is 53.1 Å². The average molecular weight is 237 g/mol. The number of H-pyrrole nitrogens is 1. The highest BCUT2D eigenvalue weighted by Gasteiger charge is 2.12. The number of carbonyl (C=O) groups excluding carboxylic acids is 1. The lowest BCUT2D eigenvalue weighted by molar-refractivity contribution is 0.112. The average Bonchev–Trinajstić information content (AvgIpc) is 2.77. The van der Waals surface area contributed by atoms with Gasteiger partial charge in [0.05, 0.1) is 5.69 Å². The first-order chi connectivity index (χ1) is 8.79. The first kappa shape index (κ1) is 10.6. The summed E-state index contributed by atoms with van der Waals surface area (Å²) >= 11 is 0. The molecule has 0 aliphatic carbocycles. The minimum absolute atomic E-state index is 0.183. The molecule has 2 aromatic carbocycles. The van der Waals surface area contributed by atoms with Crippen LogP contribution in [0.2, 0.25) is 0 Å². The van der Waals surface area contributed by atoms with E-state index in [0.717, 1.165) is 28.4 Å². The number of phenols is 1. The Bertz CT molecular complexity index is 728. The van der Waals surface area contributed by atoms with Gasteiger partial charge in [-0.3, -0.25) is 4.79 Å². The first-order valence-corrected chi connectivity index (χ1v) is 5.65. The normalized spacial score (nSPS) is 10.7. The van der Waals surface area contributed by atoms with Crippen molar-refractivity contribution in [2.75, 3.05) is 0 Å². The fraction of sp³-hybridized carbons (Fsp3) is 0. The smallest absolute Gasteiger partial charge is 0.152 e. The number of phenolic OH excluding ortho intramolecular Hbond substituents is 1. The molecule has 0 fully saturated rings. The Balaban J connectivity index is 2.32. The third-order valence-electron chi connectivity index (χ3n) is 3.00. The van der Waals surface area contributed by atoms with E-state index in [1.54, 1.807) is 18.2 Å². The Morgan fingerprint density at radius 3 is 2.67 bits per heavy atom. The number of aromatic amines is 1. The number of para-hydroxylation sites is 1. The van der Waals surface area contributed by atoms with Crippen molar-refractivity contribution in [1.29, 1.82) is 0 Å². The molecule has 3 rings (SSSR count). The third kappa shape index (κ3) is 1.57. The van der Waals surface area contributed by atoms with Crippen molar-refractivity contribution in [3.63, 3.8) is 0 Å². The summed E-state index contributed by atoms with van der Waals surface area (Å²) in [5.74, 6) is 0.183. The molecule has 88 valence electrons. The Morgan fingerprint density at radius 2 is 1.89 bits per heavy atom. The monoisotopic (exact) mass is 237 g/mol. The summed E-state index contributed by atoms with van der Waals surface area (Å²) in [7, 11) is 0. The van der Waals surface area contributed by atoms with E-state index >= 15 is 0 Å². The standard InChI is InChI=1S/C15H11NO2/c17-9-13-12-6-1-2-7-14(12)16-15(13)10-4-3-5-11(18)8-10/h1-9,16,18H. The van der Waals surface area contributed by atoms with Crippen LogP contribution in [-0.4, -0.2) is 16.4 Å². The van der Waals surface area contributed by atoms with Crippen LogP contribution < -0.4 is 0 Å². The number of aromatic nitrogens is 1. The van der Waals surface area contributed by atoms with Crippen LogP contribution in [0.4, 0.5) is 0 Å². The second-order valence-corrected chi connectivity index (χ2v) is 4.13. The van der Waals surface area contributed by atoms with Gasteiger partial charge in [0.25, 0.3) is 0 Å². The molecular weight excluding hydrogens is 226 g/mol. The highest BCUT2D eigenvalue weighted by atomic mass is 16.3. The van der Waals surface area contributed by atoms with Gasteiger partial charge in [-0.25, -0.2) is 0 Å². The van der Waals surface area contributed by atoms with E-state index < -0.39 is 0 Å². The number of benzene rings is 2. The molecule has 3 heteroatoms. The lowest BCUT2D eigenvalue weighted by Crippen LogP contribution is -1.84. The largest absolute Gasteiger partial charge is 0.508 e. The molecule has 1 heterocycles. The third-order valence-corrected chi connectivity index (χ3v) is 3.00. The SMILES string of the molecule is O=Cc1c(-c2cccc(O)c2)[nH]c2ccccc12. The molecule has 2 N–H and O–H groups in total. The number of aromatic hydroxyl groups is 1. The van der Waals surface area contributed by atoms with E-state index in [2.05, 4.69) is 4.98 Å². The number of carbonyl (C=O) groups is 1. The lowest BCUT2D eigenvalue weighted by Gasteiger charge is -2.00. The Labute approximate surface area is 104 Å². The predicted octanol–water partition coefficient (Wildman–Crippen LogP) is 3.35. The zero-order chi connectivity index (χ0) is 12.5. The molecule has 0 atom stereocenters. The van der Waals surface area contributed by atoms with Crippen molar-refractivity contribution >= 4 is 17.2 Å². The Morgan fingerprint density at radius 1 is 1.06 bits per heavy atom. The van der Waals surface area contributed by atoms with Crippen LogP contribution in [0.15, 0.2) is 48.5 Å². The van der Waals surface area contributed by atoms with Gasteiger partial charge in [0, 0.05) is 22.0 Å². The fourth-order valence-electron chi connectivity index (χ4n) is 2.18. The molecule has 0 unspecified atom stereocenters. The molecule has 0 radical (unpaired) electrons. The number of nitrogens with one attached hydrogen (secondary N) is 1. The molecule has 0 saturated carbocycles. The number of hydrogen-bond donors (Lipinski definition) is 2. The summed E-state index contributed by atoms with van der Waals surface area (Å²) in [4.78, 5) is 14.5. The second kappa shape index (κ2) is 4.04. The van der Waals surface area contributed by atoms with Crippen LogP contribution in [0.1, 0.15) is 10.4 Å². The molecule has 1 aromatic heterocycles. The number of fused-ring (bicyclic) bond motifs is 1. The maximum Gasteiger partial charge on any atom is 0.152 e. The van der Waals surface area contributed by atoms with E-state index in [4.69, 9.17) is 0 Å². The summed E-state index contributed by atoms with van der Waals surface area (Å²) in [6.45, 7) is 0. The summed E-state index contributed by atoms with van der Waals surface area (Å²) in [6, 6.07) is 14.5. The van der Waals surface area contributed by atoms with Crippen molar-refractivity contribution in [1.82, 2.24) is 4.98 Å². The Kier molecular flexibility index (Phi) is 2.38. The Hall–Kier alpha value is -2.55. The van der Waals surface area contributed by atoms with Crippen LogP contribution in [0, 0.1) is 0 Å². The van der Waals surface area contributed by atoms with Crippen molar-refractivity contribution in [2.45, 2.75) is 0 Å². The number of hydrogen-bond acceptors (Lipinski definition) is 2. The van der Waals surface area contributed by atoms with Crippen LogP contribution in [-0.2, 0) is 0 Å². The van der Waals surface area contributed by atoms with Gasteiger partial charge in [0.1, 0.15) is 5.75 Å². The van der Waals surface area contributed by atoms with Crippen molar-refractivity contribution in [2.24, 2.45) is 0 Å². The summed E-state index contributed by atoms with van der Waals surface area (Å²) in [5, 5.41) is 10.4. The number of rotatable bonds is 2. The highest BCUT2D eigenvalue weighted by Crippen LogP contribution is 2.30. The minimum Gasteiger partial charge on any atom is -0.508 e. The quantitative estimate of drug-likeness (QED) is 0.671. The lowest BCUT2D eigenvalue weighted by atomic mass is 10.1. The van der Waals surface area contributed by atoms with Crippen LogP contribution in [0.25, 0.3) is 22.2 Å².